The summed E-state index contributed by atoms with van der Waals surface area (Å²) in [5.74, 6) is -0.407. The van der Waals surface area contributed by atoms with Crippen molar-refractivity contribution in [2.75, 3.05) is 6.54 Å². The fourth-order valence-corrected chi connectivity index (χ4v) is 1.20. The lowest BCUT2D eigenvalue weighted by atomic mass is 10.1. The van der Waals surface area contributed by atoms with E-state index in [2.05, 4.69) is 0 Å². The van der Waals surface area contributed by atoms with E-state index in [1.165, 1.54) is 6.92 Å². The molecule has 0 fully saturated rings. The van der Waals surface area contributed by atoms with Crippen LogP contribution in [0.3, 0.4) is 0 Å². The minimum atomic E-state index is -0.973. The first kappa shape index (κ1) is 11.5. The van der Waals surface area contributed by atoms with Crippen LogP contribution in [0.2, 0.25) is 0 Å². The van der Waals surface area contributed by atoms with Gasteiger partial charge in [0.05, 0.1) is 0 Å². The Labute approximate surface area is 88.7 Å². The van der Waals surface area contributed by atoms with E-state index >= 15 is 0 Å². The SMILES string of the molecule is CC(Oc1cccc(CCN)c1)C(=O)O. The highest BCUT2D eigenvalue weighted by molar-refractivity contribution is 5.72. The van der Waals surface area contributed by atoms with E-state index < -0.39 is 12.1 Å². The second kappa shape index (κ2) is 5.36. The Balaban J connectivity index is 2.68. The molecule has 1 rings (SSSR count). The Bertz CT molecular complexity index is 338. The largest absolute Gasteiger partial charge is 0.479 e. The molecule has 0 amide bonds. The average molecular weight is 209 g/mol. The van der Waals surface area contributed by atoms with Crippen molar-refractivity contribution in [1.82, 2.24) is 0 Å². The second-order valence-corrected chi connectivity index (χ2v) is 3.28. The molecule has 1 unspecified atom stereocenters. The molecule has 0 bridgehead atoms. The number of ether oxygens (including phenoxy) is 1. The maximum Gasteiger partial charge on any atom is 0.344 e. The smallest absolute Gasteiger partial charge is 0.344 e. The Morgan fingerprint density at radius 3 is 2.93 bits per heavy atom. The Hall–Kier alpha value is -1.55. The summed E-state index contributed by atoms with van der Waals surface area (Å²) in [7, 11) is 0. The van der Waals surface area contributed by atoms with Gasteiger partial charge in [0, 0.05) is 0 Å². The van der Waals surface area contributed by atoms with Crippen molar-refractivity contribution in [3.05, 3.63) is 29.8 Å². The third kappa shape index (κ3) is 3.59. The molecule has 0 aliphatic heterocycles. The molecule has 4 nitrogen and oxygen atoms in total. The van der Waals surface area contributed by atoms with Crippen molar-refractivity contribution >= 4 is 5.97 Å². The van der Waals surface area contributed by atoms with Crippen LogP contribution in [-0.4, -0.2) is 23.7 Å². The van der Waals surface area contributed by atoms with Crippen LogP contribution in [0.5, 0.6) is 5.75 Å². The number of hydrogen-bond acceptors (Lipinski definition) is 3. The zero-order chi connectivity index (χ0) is 11.3. The van der Waals surface area contributed by atoms with E-state index in [0.29, 0.717) is 12.3 Å². The molecule has 1 atom stereocenters. The molecule has 82 valence electrons. The van der Waals surface area contributed by atoms with Crippen LogP contribution in [-0.2, 0) is 11.2 Å². The minimum absolute atomic E-state index is 0.566. The molecule has 0 spiro atoms. The van der Waals surface area contributed by atoms with Crippen LogP contribution in [0.1, 0.15) is 12.5 Å². The highest BCUT2D eigenvalue weighted by atomic mass is 16.5. The lowest BCUT2D eigenvalue weighted by molar-refractivity contribution is -0.144. The standard InChI is InChI=1S/C11H15NO3/c1-8(11(13)14)15-10-4-2-3-9(7-10)5-6-12/h2-4,7-8H,5-6,12H2,1H3,(H,13,14). The van der Waals surface area contributed by atoms with Crippen molar-refractivity contribution in [1.29, 1.82) is 0 Å². The Kier molecular flexibility index (Phi) is 4.12. The third-order valence-corrected chi connectivity index (χ3v) is 1.99. The summed E-state index contributed by atoms with van der Waals surface area (Å²) >= 11 is 0. The van der Waals surface area contributed by atoms with Crippen LogP contribution in [0.4, 0.5) is 0 Å². The van der Waals surface area contributed by atoms with Crippen molar-refractivity contribution in [2.24, 2.45) is 5.73 Å². The number of benzene rings is 1. The molecule has 0 aliphatic rings. The summed E-state index contributed by atoms with van der Waals surface area (Å²) < 4.78 is 5.22. The van der Waals surface area contributed by atoms with E-state index in [0.717, 1.165) is 12.0 Å². The van der Waals surface area contributed by atoms with Gasteiger partial charge in [0.15, 0.2) is 6.10 Å². The Morgan fingerprint density at radius 1 is 1.60 bits per heavy atom. The maximum absolute atomic E-state index is 10.6. The number of carboxylic acids is 1. The highest BCUT2D eigenvalue weighted by Gasteiger charge is 2.12. The van der Waals surface area contributed by atoms with Gasteiger partial charge >= 0.3 is 5.97 Å². The van der Waals surface area contributed by atoms with Gasteiger partial charge in [0.25, 0.3) is 0 Å². The second-order valence-electron chi connectivity index (χ2n) is 3.28. The first-order valence-corrected chi connectivity index (χ1v) is 4.82. The predicted molar refractivity (Wildman–Crippen MR) is 56.9 cm³/mol. The van der Waals surface area contributed by atoms with E-state index in [-0.39, 0.29) is 0 Å². The number of hydrogen-bond donors (Lipinski definition) is 2. The zero-order valence-corrected chi connectivity index (χ0v) is 8.64. The molecular formula is C11H15NO3. The van der Waals surface area contributed by atoms with Gasteiger partial charge < -0.3 is 15.6 Å². The average Bonchev–Trinajstić information content (AvgIpc) is 2.18. The first-order valence-electron chi connectivity index (χ1n) is 4.82. The summed E-state index contributed by atoms with van der Waals surface area (Å²) in [6.45, 7) is 2.07. The number of nitrogens with two attached hydrogens (primary N) is 1. The van der Waals surface area contributed by atoms with Gasteiger partial charge in [-0.15, -0.1) is 0 Å². The molecule has 1 aromatic rings. The fraction of sp³-hybridized carbons (Fsp3) is 0.364. The van der Waals surface area contributed by atoms with Crippen LogP contribution < -0.4 is 10.5 Å². The van der Waals surface area contributed by atoms with Gasteiger partial charge in [-0.05, 0) is 37.6 Å². The summed E-state index contributed by atoms with van der Waals surface area (Å²) in [6.07, 6.45) is -0.0725. The normalized spacial score (nSPS) is 12.1. The Morgan fingerprint density at radius 2 is 2.33 bits per heavy atom. The van der Waals surface area contributed by atoms with Gasteiger partial charge in [0.1, 0.15) is 5.75 Å². The lowest BCUT2D eigenvalue weighted by Crippen LogP contribution is -2.22. The molecule has 1 aromatic carbocycles. The van der Waals surface area contributed by atoms with Gasteiger partial charge in [-0.1, -0.05) is 12.1 Å². The van der Waals surface area contributed by atoms with E-state index in [1.54, 1.807) is 6.07 Å². The quantitative estimate of drug-likeness (QED) is 0.760. The molecule has 0 aliphatic carbocycles. The number of carboxylic acid groups (broad SMARTS) is 1. The van der Waals surface area contributed by atoms with Crippen LogP contribution >= 0.6 is 0 Å². The summed E-state index contributed by atoms with van der Waals surface area (Å²) in [5.41, 5.74) is 6.47. The predicted octanol–water partition coefficient (Wildman–Crippen LogP) is 1.04. The summed E-state index contributed by atoms with van der Waals surface area (Å²) in [6, 6.07) is 7.31. The van der Waals surface area contributed by atoms with Gasteiger partial charge in [0.2, 0.25) is 0 Å². The molecule has 15 heavy (non-hydrogen) atoms. The monoisotopic (exact) mass is 209 g/mol. The number of carbonyl (C=O) groups is 1. The summed E-state index contributed by atoms with van der Waals surface area (Å²) in [5, 5.41) is 8.67. The topological polar surface area (TPSA) is 72.5 Å². The first-order chi connectivity index (χ1) is 7.13. The molecule has 0 saturated heterocycles. The van der Waals surface area contributed by atoms with Gasteiger partial charge in [-0.25, -0.2) is 4.79 Å². The molecule has 4 heteroatoms. The van der Waals surface area contributed by atoms with Crippen molar-refractivity contribution in [3.8, 4) is 5.75 Å². The van der Waals surface area contributed by atoms with Crippen LogP contribution in [0.25, 0.3) is 0 Å². The van der Waals surface area contributed by atoms with Crippen molar-refractivity contribution in [3.63, 3.8) is 0 Å². The molecular weight excluding hydrogens is 194 g/mol. The lowest BCUT2D eigenvalue weighted by Gasteiger charge is -2.11. The van der Waals surface area contributed by atoms with Crippen LogP contribution in [0, 0.1) is 0 Å². The third-order valence-electron chi connectivity index (χ3n) is 1.99. The number of rotatable bonds is 5. The van der Waals surface area contributed by atoms with Gasteiger partial charge in [-0.2, -0.15) is 0 Å². The van der Waals surface area contributed by atoms with Crippen LogP contribution in [0.15, 0.2) is 24.3 Å². The minimum Gasteiger partial charge on any atom is -0.479 e. The molecule has 3 N–H and O–H groups in total. The van der Waals surface area contributed by atoms with Crippen molar-refractivity contribution < 1.29 is 14.6 Å². The van der Waals surface area contributed by atoms with Gasteiger partial charge in [-0.3, -0.25) is 0 Å². The van der Waals surface area contributed by atoms with Crippen molar-refractivity contribution in [2.45, 2.75) is 19.4 Å². The molecule has 0 saturated carbocycles. The van der Waals surface area contributed by atoms with E-state index in [1.807, 2.05) is 18.2 Å². The fourth-order valence-electron chi connectivity index (χ4n) is 1.20. The maximum atomic E-state index is 10.6. The number of aliphatic carboxylic acids is 1. The molecule has 0 heterocycles. The molecule has 0 aromatic heterocycles. The highest BCUT2D eigenvalue weighted by Crippen LogP contribution is 2.15. The zero-order valence-electron chi connectivity index (χ0n) is 8.64. The van der Waals surface area contributed by atoms with E-state index in [4.69, 9.17) is 15.6 Å². The van der Waals surface area contributed by atoms with E-state index in [9.17, 15) is 4.79 Å². The molecule has 0 radical (unpaired) electrons. The summed E-state index contributed by atoms with van der Waals surface area (Å²) in [4.78, 5) is 10.6.